The number of nitrogens with one attached hydrogen (secondary N) is 1. The van der Waals surface area contributed by atoms with Gasteiger partial charge in [-0.25, -0.2) is 0 Å². The maximum absolute atomic E-state index is 9.43. The highest BCUT2D eigenvalue weighted by atomic mass is 16.5. The van der Waals surface area contributed by atoms with Gasteiger partial charge in [-0.3, -0.25) is 10.2 Å². The lowest BCUT2D eigenvalue weighted by Crippen LogP contribution is -2.54. The molecule has 0 radical (unpaired) electrons. The van der Waals surface area contributed by atoms with Crippen LogP contribution < -0.4 is 5.32 Å². The average molecular weight is 267 g/mol. The van der Waals surface area contributed by atoms with Gasteiger partial charge in [0.2, 0.25) is 0 Å². The third-order valence-electron chi connectivity index (χ3n) is 3.63. The Kier molecular flexibility index (Phi) is 5.79. The molecule has 1 saturated heterocycles. The van der Waals surface area contributed by atoms with E-state index in [9.17, 15) is 5.26 Å². The average Bonchev–Trinajstić information content (AvgIpc) is 2.26. The van der Waals surface area contributed by atoms with E-state index < -0.39 is 5.54 Å². The molecule has 19 heavy (non-hydrogen) atoms. The summed E-state index contributed by atoms with van der Waals surface area (Å²) in [6, 6.07) is 3.13. The largest absolute Gasteiger partial charge is 0.373 e. The van der Waals surface area contributed by atoms with Gasteiger partial charge in [-0.15, -0.1) is 0 Å². The standard InChI is InChI=1S/C15H29N3O/c1-11(2)17-15(6,10-16)7-12(3)18-8-13(4)19-14(5)9-18/h11-14,17H,7-9H2,1-6H3. The van der Waals surface area contributed by atoms with E-state index >= 15 is 0 Å². The van der Waals surface area contributed by atoms with Crippen molar-refractivity contribution in [2.45, 2.75) is 77.8 Å². The van der Waals surface area contributed by atoms with Crippen LogP contribution in [-0.4, -0.2) is 47.8 Å². The summed E-state index contributed by atoms with van der Waals surface area (Å²) in [7, 11) is 0. The van der Waals surface area contributed by atoms with E-state index in [0.717, 1.165) is 19.5 Å². The van der Waals surface area contributed by atoms with Crippen LogP contribution in [0.15, 0.2) is 0 Å². The molecule has 1 aliphatic rings. The minimum atomic E-state index is -0.460. The third kappa shape index (κ3) is 5.10. The molecule has 1 aliphatic heterocycles. The van der Waals surface area contributed by atoms with Crippen LogP contribution in [0.4, 0.5) is 0 Å². The molecule has 0 saturated carbocycles. The number of nitrogens with zero attached hydrogens (tertiary/aromatic N) is 2. The van der Waals surface area contributed by atoms with Gasteiger partial charge in [0.25, 0.3) is 0 Å². The van der Waals surface area contributed by atoms with Crippen molar-refractivity contribution in [2.75, 3.05) is 13.1 Å². The summed E-state index contributed by atoms with van der Waals surface area (Å²) < 4.78 is 5.77. The number of rotatable bonds is 5. The highest BCUT2D eigenvalue weighted by Gasteiger charge is 2.32. The molecule has 0 amide bonds. The SMILES string of the molecule is CC(C)NC(C)(C#N)CC(C)N1CC(C)OC(C)C1. The summed E-state index contributed by atoms with van der Waals surface area (Å²) in [6.07, 6.45) is 1.39. The molecule has 4 heteroatoms. The van der Waals surface area contributed by atoms with Crippen molar-refractivity contribution in [3.63, 3.8) is 0 Å². The van der Waals surface area contributed by atoms with E-state index in [0.29, 0.717) is 12.1 Å². The van der Waals surface area contributed by atoms with Crippen LogP contribution in [0.5, 0.6) is 0 Å². The van der Waals surface area contributed by atoms with Crippen molar-refractivity contribution >= 4 is 0 Å². The molecule has 4 unspecified atom stereocenters. The fourth-order valence-corrected chi connectivity index (χ4v) is 3.07. The number of nitriles is 1. The summed E-state index contributed by atoms with van der Waals surface area (Å²) in [6.45, 7) is 14.5. The molecule has 110 valence electrons. The predicted molar refractivity (Wildman–Crippen MR) is 78.0 cm³/mol. The van der Waals surface area contributed by atoms with Gasteiger partial charge in [-0.05, 0) is 48.0 Å². The molecule has 4 atom stereocenters. The summed E-state index contributed by atoms with van der Waals surface area (Å²) in [5.41, 5.74) is -0.460. The molecule has 0 aliphatic carbocycles. The third-order valence-corrected chi connectivity index (χ3v) is 3.63. The van der Waals surface area contributed by atoms with Gasteiger partial charge >= 0.3 is 0 Å². The van der Waals surface area contributed by atoms with E-state index in [1.807, 2.05) is 6.92 Å². The van der Waals surface area contributed by atoms with Crippen LogP contribution >= 0.6 is 0 Å². The number of hydrogen-bond acceptors (Lipinski definition) is 4. The van der Waals surface area contributed by atoms with Gasteiger partial charge in [0.15, 0.2) is 0 Å². The van der Waals surface area contributed by atoms with Crippen LogP contribution in [0.3, 0.4) is 0 Å². The second-order valence-corrected chi connectivity index (χ2v) is 6.51. The normalized spacial score (nSPS) is 29.8. The zero-order chi connectivity index (χ0) is 14.6. The molecule has 1 rings (SSSR count). The fourth-order valence-electron chi connectivity index (χ4n) is 3.07. The molecule has 0 aromatic carbocycles. The van der Waals surface area contributed by atoms with Crippen molar-refractivity contribution < 1.29 is 4.74 Å². The lowest BCUT2D eigenvalue weighted by atomic mass is 9.93. The van der Waals surface area contributed by atoms with Gasteiger partial charge in [0.05, 0.1) is 18.3 Å². The summed E-state index contributed by atoms with van der Waals surface area (Å²) in [4.78, 5) is 2.44. The highest BCUT2D eigenvalue weighted by molar-refractivity contribution is 5.06. The second kappa shape index (κ2) is 6.69. The first kappa shape index (κ1) is 16.4. The quantitative estimate of drug-likeness (QED) is 0.829. The zero-order valence-electron chi connectivity index (χ0n) is 13.2. The van der Waals surface area contributed by atoms with Gasteiger partial charge in [0, 0.05) is 25.2 Å². The van der Waals surface area contributed by atoms with Gasteiger partial charge in [0.1, 0.15) is 5.54 Å². The number of ether oxygens (including phenoxy) is 1. The maximum atomic E-state index is 9.43. The maximum Gasteiger partial charge on any atom is 0.105 e. The van der Waals surface area contributed by atoms with Crippen molar-refractivity contribution in [1.82, 2.24) is 10.2 Å². The van der Waals surface area contributed by atoms with Crippen molar-refractivity contribution in [3.05, 3.63) is 0 Å². The molecule has 1 fully saturated rings. The van der Waals surface area contributed by atoms with E-state index in [1.165, 1.54) is 0 Å². The Labute approximate surface area is 118 Å². The van der Waals surface area contributed by atoms with E-state index in [4.69, 9.17) is 4.74 Å². The van der Waals surface area contributed by atoms with Crippen LogP contribution in [-0.2, 0) is 4.74 Å². The molecule has 1 heterocycles. The second-order valence-electron chi connectivity index (χ2n) is 6.51. The molecule has 1 N–H and O–H groups in total. The number of morpholine rings is 1. The van der Waals surface area contributed by atoms with Gasteiger partial charge < -0.3 is 4.74 Å². The molecule has 4 nitrogen and oxygen atoms in total. The lowest BCUT2D eigenvalue weighted by Gasteiger charge is -2.41. The topological polar surface area (TPSA) is 48.3 Å². The molecular formula is C15H29N3O. The molecule has 0 spiro atoms. The zero-order valence-corrected chi connectivity index (χ0v) is 13.2. The van der Waals surface area contributed by atoms with E-state index in [1.54, 1.807) is 0 Å². The summed E-state index contributed by atoms with van der Waals surface area (Å²) in [5.74, 6) is 0. The van der Waals surface area contributed by atoms with Gasteiger partial charge in [-0.1, -0.05) is 0 Å². The monoisotopic (exact) mass is 267 g/mol. The Morgan fingerprint density at radius 1 is 1.32 bits per heavy atom. The Morgan fingerprint density at radius 3 is 2.26 bits per heavy atom. The minimum absolute atomic E-state index is 0.276. The lowest BCUT2D eigenvalue weighted by molar-refractivity contribution is -0.0806. The van der Waals surface area contributed by atoms with Crippen molar-refractivity contribution in [3.8, 4) is 6.07 Å². The summed E-state index contributed by atoms with van der Waals surface area (Å²) in [5, 5.41) is 12.8. The van der Waals surface area contributed by atoms with Crippen molar-refractivity contribution in [2.24, 2.45) is 0 Å². The Morgan fingerprint density at radius 2 is 1.84 bits per heavy atom. The smallest absolute Gasteiger partial charge is 0.105 e. The van der Waals surface area contributed by atoms with E-state index in [2.05, 4.69) is 50.9 Å². The Balaban J connectivity index is 2.62. The van der Waals surface area contributed by atoms with Crippen LogP contribution in [0.2, 0.25) is 0 Å². The first-order valence-corrected chi connectivity index (χ1v) is 7.34. The Bertz CT molecular complexity index is 316. The summed E-state index contributed by atoms with van der Waals surface area (Å²) >= 11 is 0. The molecule has 0 aromatic heterocycles. The fraction of sp³-hybridized carbons (Fsp3) is 0.933. The highest BCUT2D eigenvalue weighted by Crippen LogP contribution is 2.20. The molecule has 0 bridgehead atoms. The number of hydrogen-bond donors (Lipinski definition) is 1. The Hall–Kier alpha value is -0.630. The first-order valence-electron chi connectivity index (χ1n) is 7.34. The van der Waals surface area contributed by atoms with E-state index in [-0.39, 0.29) is 12.2 Å². The van der Waals surface area contributed by atoms with Crippen molar-refractivity contribution in [1.29, 1.82) is 5.26 Å². The predicted octanol–water partition coefficient (Wildman–Crippen LogP) is 2.15. The molecule has 0 aromatic rings. The van der Waals surface area contributed by atoms with Crippen LogP contribution in [0, 0.1) is 11.3 Å². The molecular weight excluding hydrogens is 238 g/mol. The van der Waals surface area contributed by atoms with Crippen LogP contribution in [0.1, 0.15) is 48.0 Å². The first-order chi connectivity index (χ1) is 8.75. The van der Waals surface area contributed by atoms with Gasteiger partial charge in [-0.2, -0.15) is 5.26 Å². The minimum Gasteiger partial charge on any atom is -0.373 e. The van der Waals surface area contributed by atoms with Crippen LogP contribution in [0.25, 0.3) is 0 Å².